The van der Waals surface area contributed by atoms with Crippen molar-refractivity contribution in [3.8, 4) is 0 Å². The van der Waals surface area contributed by atoms with Gasteiger partial charge in [0.25, 0.3) is 11.8 Å². The second-order valence-corrected chi connectivity index (χ2v) is 8.56. The van der Waals surface area contributed by atoms with E-state index in [1.165, 1.54) is 12.1 Å². The summed E-state index contributed by atoms with van der Waals surface area (Å²) in [5.41, 5.74) is 9.13. The summed E-state index contributed by atoms with van der Waals surface area (Å²) in [6.45, 7) is 0.596. The minimum Gasteiger partial charge on any atom is -0.342 e. The molecule has 0 saturated carbocycles. The third kappa shape index (κ3) is 5.87. The van der Waals surface area contributed by atoms with Crippen LogP contribution in [0, 0.1) is 5.82 Å². The number of nitrogens with one attached hydrogen (secondary N) is 3. The summed E-state index contributed by atoms with van der Waals surface area (Å²) in [4.78, 5) is 27.3. The van der Waals surface area contributed by atoms with Crippen LogP contribution in [0.15, 0.2) is 78.9 Å². The molecule has 3 aromatic rings. The molecule has 176 valence electrons. The van der Waals surface area contributed by atoms with Gasteiger partial charge in [0.2, 0.25) is 0 Å². The third-order valence-electron chi connectivity index (χ3n) is 6.09. The zero-order valence-electron chi connectivity index (χ0n) is 19.1. The Morgan fingerprint density at radius 2 is 1.68 bits per heavy atom. The maximum Gasteiger partial charge on any atom is 0.255 e. The normalized spacial score (nSPS) is 17.4. The summed E-state index contributed by atoms with van der Waals surface area (Å²) >= 11 is 0. The molecule has 2 unspecified atom stereocenters. The Kier molecular flexibility index (Phi) is 7.67. The van der Waals surface area contributed by atoms with E-state index < -0.39 is 0 Å². The van der Waals surface area contributed by atoms with Gasteiger partial charge in [-0.15, -0.1) is 0 Å². The van der Waals surface area contributed by atoms with E-state index >= 15 is 0 Å². The Hall–Kier alpha value is -3.55. The Labute approximate surface area is 199 Å². The van der Waals surface area contributed by atoms with E-state index in [0.717, 1.165) is 24.8 Å². The van der Waals surface area contributed by atoms with Crippen molar-refractivity contribution in [3.05, 3.63) is 101 Å². The van der Waals surface area contributed by atoms with Crippen LogP contribution in [-0.4, -0.2) is 36.3 Å². The molecule has 0 aliphatic carbocycles. The number of rotatable bonds is 8. The van der Waals surface area contributed by atoms with E-state index in [1.807, 2.05) is 6.07 Å². The molecule has 2 amide bonds. The highest BCUT2D eigenvalue weighted by atomic mass is 19.1. The molecule has 0 radical (unpaired) electrons. The lowest BCUT2D eigenvalue weighted by atomic mass is 9.99. The number of nitrogens with zero attached hydrogens (tertiary/aromatic N) is 1. The van der Waals surface area contributed by atoms with Gasteiger partial charge in [0.15, 0.2) is 0 Å². The van der Waals surface area contributed by atoms with Crippen molar-refractivity contribution in [3.63, 3.8) is 0 Å². The Morgan fingerprint density at radius 1 is 0.971 bits per heavy atom. The number of anilines is 1. The molecular formula is C27H29FN4O2. The van der Waals surface area contributed by atoms with Crippen LogP contribution in [0.3, 0.4) is 0 Å². The predicted octanol–water partition coefficient (Wildman–Crippen LogP) is 4.54. The van der Waals surface area contributed by atoms with Crippen LogP contribution < -0.4 is 16.2 Å². The summed E-state index contributed by atoms with van der Waals surface area (Å²) in [6.07, 6.45) is 2.63. The molecule has 7 heteroatoms. The number of benzene rings is 3. The average molecular weight is 461 g/mol. The standard InChI is InChI=1S/C27H29FN4O2/c1-32(17-7-10-22-18-25(31-30-22)19-13-15-21(28)16-14-19)27(34)23-11-5-6-12-24(23)29-26(33)20-8-3-2-4-9-20/h2-6,8-9,11-16,22,25,30-31H,7,10,17-18H2,1H3,(H,29,33). The van der Waals surface area contributed by atoms with Crippen molar-refractivity contribution < 1.29 is 14.0 Å². The molecule has 2 atom stereocenters. The maximum absolute atomic E-state index is 13.2. The first-order chi connectivity index (χ1) is 16.5. The summed E-state index contributed by atoms with van der Waals surface area (Å²) < 4.78 is 13.2. The second-order valence-electron chi connectivity index (χ2n) is 8.56. The van der Waals surface area contributed by atoms with Gasteiger partial charge in [-0.2, -0.15) is 0 Å². The van der Waals surface area contributed by atoms with Crippen molar-refractivity contribution in [1.82, 2.24) is 15.8 Å². The lowest BCUT2D eigenvalue weighted by molar-refractivity contribution is 0.0792. The minimum absolute atomic E-state index is 0.134. The number of hydrogen-bond acceptors (Lipinski definition) is 4. The number of para-hydroxylation sites is 1. The first-order valence-electron chi connectivity index (χ1n) is 11.5. The van der Waals surface area contributed by atoms with Crippen LogP contribution in [0.25, 0.3) is 0 Å². The molecule has 1 aliphatic rings. The van der Waals surface area contributed by atoms with E-state index in [0.29, 0.717) is 23.4 Å². The van der Waals surface area contributed by atoms with Crippen molar-refractivity contribution in [2.45, 2.75) is 31.3 Å². The van der Waals surface area contributed by atoms with Gasteiger partial charge in [-0.3, -0.25) is 20.4 Å². The molecule has 1 heterocycles. The predicted molar refractivity (Wildman–Crippen MR) is 131 cm³/mol. The second kappa shape index (κ2) is 11.0. The third-order valence-corrected chi connectivity index (χ3v) is 6.09. The lowest BCUT2D eigenvalue weighted by Crippen LogP contribution is -2.32. The van der Waals surface area contributed by atoms with Gasteiger partial charge in [0.05, 0.1) is 11.3 Å². The Bertz CT molecular complexity index is 1120. The Morgan fingerprint density at radius 3 is 2.44 bits per heavy atom. The van der Waals surface area contributed by atoms with Crippen molar-refractivity contribution >= 4 is 17.5 Å². The highest BCUT2D eigenvalue weighted by Crippen LogP contribution is 2.24. The molecule has 3 aromatic carbocycles. The molecule has 34 heavy (non-hydrogen) atoms. The monoisotopic (exact) mass is 460 g/mol. The fourth-order valence-corrected chi connectivity index (χ4v) is 4.17. The first-order valence-corrected chi connectivity index (χ1v) is 11.5. The lowest BCUT2D eigenvalue weighted by Gasteiger charge is -2.20. The van der Waals surface area contributed by atoms with Gasteiger partial charge in [-0.1, -0.05) is 42.5 Å². The molecule has 3 N–H and O–H groups in total. The molecule has 0 spiro atoms. The van der Waals surface area contributed by atoms with Gasteiger partial charge in [-0.25, -0.2) is 4.39 Å². The van der Waals surface area contributed by atoms with Crippen LogP contribution >= 0.6 is 0 Å². The number of hydrogen-bond donors (Lipinski definition) is 3. The van der Waals surface area contributed by atoms with Gasteiger partial charge < -0.3 is 10.2 Å². The minimum atomic E-state index is -0.251. The maximum atomic E-state index is 13.2. The van der Waals surface area contributed by atoms with Crippen LogP contribution in [0.5, 0.6) is 0 Å². The molecular weight excluding hydrogens is 431 g/mol. The van der Waals surface area contributed by atoms with Gasteiger partial charge in [-0.05, 0) is 61.2 Å². The van der Waals surface area contributed by atoms with E-state index in [9.17, 15) is 14.0 Å². The van der Waals surface area contributed by atoms with E-state index in [4.69, 9.17) is 0 Å². The van der Waals surface area contributed by atoms with Crippen molar-refractivity contribution in [2.24, 2.45) is 0 Å². The fraction of sp³-hybridized carbons (Fsp3) is 0.259. The van der Waals surface area contributed by atoms with E-state index in [-0.39, 0.29) is 29.7 Å². The molecule has 0 bridgehead atoms. The Balaban J connectivity index is 1.29. The van der Waals surface area contributed by atoms with Crippen LogP contribution in [0.1, 0.15) is 51.6 Å². The number of carbonyl (C=O) groups is 2. The zero-order chi connectivity index (χ0) is 23.9. The summed E-state index contributed by atoms with van der Waals surface area (Å²) in [6, 6.07) is 23.0. The van der Waals surface area contributed by atoms with E-state index in [1.54, 1.807) is 72.6 Å². The number of carbonyl (C=O) groups excluding carboxylic acids is 2. The van der Waals surface area contributed by atoms with Gasteiger partial charge in [0.1, 0.15) is 5.82 Å². The zero-order valence-corrected chi connectivity index (χ0v) is 19.1. The highest BCUT2D eigenvalue weighted by molar-refractivity contribution is 6.08. The van der Waals surface area contributed by atoms with Crippen LogP contribution in [-0.2, 0) is 0 Å². The van der Waals surface area contributed by atoms with Gasteiger partial charge in [0, 0.05) is 31.2 Å². The number of halogens is 1. The fourth-order valence-electron chi connectivity index (χ4n) is 4.17. The smallest absolute Gasteiger partial charge is 0.255 e. The molecule has 6 nitrogen and oxygen atoms in total. The molecule has 1 aliphatic heterocycles. The largest absolute Gasteiger partial charge is 0.342 e. The SMILES string of the molecule is CN(CCCC1CC(c2ccc(F)cc2)NN1)C(=O)c1ccccc1NC(=O)c1ccccc1. The van der Waals surface area contributed by atoms with E-state index in [2.05, 4.69) is 16.2 Å². The quantitative estimate of drug-likeness (QED) is 0.462. The summed E-state index contributed by atoms with van der Waals surface area (Å²) in [7, 11) is 1.78. The number of amides is 2. The van der Waals surface area contributed by atoms with Crippen LogP contribution in [0.4, 0.5) is 10.1 Å². The van der Waals surface area contributed by atoms with Crippen molar-refractivity contribution in [1.29, 1.82) is 0 Å². The average Bonchev–Trinajstić information content (AvgIpc) is 3.33. The first kappa shape index (κ1) is 23.6. The summed E-state index contributed by atoms with van der Waals surface area (Å²) in [5.74, 6) is -0.621. The van der Waals surface area contributed by atoms with Crippen molar-refractivity contribution in [2.75, 3.05) is 18.9 Å². The van der Waals surface area contributed by atoms with Crippen LogP contribution in [0.2, 0.25) is 0 Å². The summed E-state index contributed by atoms with van der Waals surface area (Å²) in [5, 5.41) is 2.86. The molecule has 4 rings (SSSR count). The molecule has 0 aromatic heterocycles. The number of hydrazine groups is 1. The molecule has 1 fully saturated rings. The highest BCUT2D eigenvalue weighted by Gasteiger charge is 2.25. The van der Waals surface area contributed by atoms with Gasteiger partial charge >= 0.3 is 0 Å². The molecule has 1 saturated heterocycles. The topological polar surface area (TPSA) is 73.5 Å².